The Morgan fingerprint density at radius 1 is 0.812 bits per heavy atom. The van der Waals surface area contributed by atoms with Crippen LogP contribution in [0, 0.1) is 0 Å². The summed E-state index contributed by atoms with van der Waals surface area (Å²) < 4.78 is 14.1. The van der Waals surface area contributed by atoms with Crippen LogP contribution in [0.1, 0.15) is 16.7 Å². The van der Waals surface area contributed by atoms with Gasteiger partial charge in [-0.25, -0.2) is 4.39 Å². The van der Waals surface area contributed by atoms with E-state index in [1.54, 1.807) is 0 Å². The van der Waals surface area contributed by atoms with E-state index in [1.165, 1.54) is 0 Å². The van der Waals surface area contributed by atoms with Crippen LogP contribution in [0.5, 0.6) is 0 Å². The van der Waals surface area contributed by atoms with Gasteiger partial charge in [0, 0.05) is 17.6 Å². The Kier molecular flexibility index (Phi) is 2.10. The molecule has 0 saturated heterocycles. The standard InChI is InChI=1S/C15H11F/c16-15-13-9-5-4-8-12(13)10-14(15)11-6-2-1-3-7-11/h1-9H,10H2. The first-order valence-corrected chi connectivity index (χ1v) is 5.38. The molecule has 0 nitrogen and oxygen atoms in total. The van der Waals surface area contributed by atoms with Gasteiger partial charge in [0.15, 0.2) is 0 Å². The normalized spacial score (nSPS) is 14.1. The van der Waals surface area contributed by atoms with Gasteiger partial charge in [0.25, 0.3) is 0 Å². The number of benzene rings is 2. The van der Waals surface area contributed by atoms with Gasteiger partial charge >= 0.3 is 0 Å². The first-order valence-electron chi connectivity index (χ1n) is 5.38. The summed E-state index contributed by atoms with van der Waals surface area (Å²) in [6.45, 7) is 0. The summed E-state index contributed by atoms with van der Waals surface area (Å²) >= 11 is 0. The van der Waals surface area contributed by atoms with E-state index in [2.05, 4.69) is 0 Å². The van der Waals surface area contributed by atoms with E-state index >= 15 is 0 Å². The fourth-order valence-electron chi connectivity index (χ4n) is 2.19. The van der Waals surface area contributed by atoms with Crippen LogP contribution in [-0.2, 0) is 6.42 Å². The third-order valence-electron chi connectivity index (χ3n) is 3.01. The fourth-order valence-corrected chi connectivity index (χ4v) is 2.19. The number of halogens is 1. The lowest BCUT2D eigenvalue weighted by Gasteiger charge is -2.01. The van der Waals surface area contributed by atoms with Gasteiger partial charge < -0.3 is 0 Å². The van der Waals surface area contributed by atoms with Crippen LogP contribution in [0.4, 0.5) is 4.39 Å². The van der Waals surface area contributed by atoms with Gasteiger partial charge in [-0.2, -0.15) is 0 Å². The van der Waals surface area contributed by atoms with Crippen LogP contribution in [0.2, 0.25) is 0 Å². The summed E-state index contributed by atoms with van der Waals surface area (Å²) in [6, 6.07) is 17.4. The summed E-state index contributed by atoms with van der Waals surface area (Å²) in [4.78, 5) is 0. The van der Waals surface area contributed by atoms with Crippen molar-refractivity contribution in [2.75, 3.05) is 0 Å². The number of allylic oxidation sites excluding steroid dienone is 1. The summed E-state index contributed by atoms with van der Waals surface area (Å²) in [6.07, 6.45) is 0.700. The molecule has 2 aromatic rings. The van der Waals surface area contributed by atoms with E-state index in [1.807, 2.05) is 54.6 Å². The Bertz CT molecular complexity index is 553. The molecule has 2 aromatic carbocycles. The van der Waals surface area contributed by atoms with Gasteiger partial charge in [-0.05, 0) is 11.1 Å². The monoisotopic (exact) mass is 210 g/mol. The lowest BCUT2D eigenvalue weighted by atomic mass is 10.0. The zero-order chi connectivity index (χ0) is 11.0. The lowest BCUT2D eigenvalue weighted by molar-refractivity contribution is 0.765. The molecule has 1 heteroatoms. The number of hydrogen-bond donors (Lipinski definition) is 0. The third-order valence-corrected chi connectivity index (χ3v) is 3.01. The summed E-state index contributed by atoms with van der Waals surface area (Å²) in [5.74, 6) is -0.0678. The Morgan fingerprint density at radius 2 is 1.50 bits per heavy atom. The van der Waals surface area contributed by atoms with Crippen LogP contribution in [0.3, 0.4) is 0 Å². The van der Waals surface area contributed by atoms with E-state index in [4.69, 9.17) is 0 Å². The highest BCUT2D eigenvalue weighted by molar-refractivity contribution is 5.93. The molecule has 0 radical (unpaired) electrons. The molecule has 0 unspecified atom stereocenters. The molecule has 1 aliphatic carbocycles. The zero-order valence-electron chi connectivity index (χ0n) is 8.78. The predicted octanol–water partition coefficient (Wildman–Crippen LogP) is 4.08. The molecular formula is C15H11F. The summed E-state index contributed by atoms with van der Waals surface area (Å²) in [5.41, 5.74) is 3.62. The molecule has 3 rings (SSSR count). The van der Waals surface area contributed by atoms with E-state index < -0.39 is 0 Å². The van der Waals surface area contributed by atoms with Crippen LogP contribution in [0.15, 0.2) is 54.6 Å². The average Bonchev–Trinajstić information content (AvgIpc) is 2.69. The number of fused-ring (bicyclic) bond motifs is 1. The van der Waals surface area contributed by atoms with Crippen LogP contribution in [0.25, 0.3) is 11.4 Å². The second kappa shape index (κ2) is 3.60. The Morgan fingerprint density at radius 3 is 2.25 bits per heavy atom. The Hall–Kier alpha value is -1.89. The van der Waals surface area contributed by atoms with Crippen molar-refractivity contribution in [1.82, 2.24) is 0 Å². The fraction of sp³-hybridized carbons (Fsp3) is 0.0667. The lowest BCUT2D eigenvalue weighted by Crippen LogP contribution is -1.84. The molecule has 0 bridgehead atoms. The smallest absolute Gasteiger partial charge is 0.134 e. The molecule has 16 heavy (non-hydrogen) atoms. The maximum Gasteiger partial charge on any atom is 0.134 e. The Balaban J connectivity index is 2.11. The van der Waals surface area contributed by atoms with E-state index in [-0.39, 0.29) is 5.83 Å². The largest absolute Gasteiger partial charge is 0.206 e. The minimum Gasteiger partial charge on any atom is -0.206 e. The maximum atomic E-state index is 14.1. The SMILES string of the molecule is FC1=C(c2ccccc2)Cc2ccccc21. The highest BCUT2D eigenvalue weighted by Gasteiger charge is 2.21. The molecule has 0 spiro atoms. The van der Waals surface area contributed by atoms with Gasteiger partial charge in [-0.3, -0.25) is 0 Å². The van der Waals surface area contributed by atoms with Crippen molar-refractivity contribution in [2.24, 2.45) is 0 Å². The average molecular weight is 210 g/mol. The first-order chi connectivity index (χ1) is 7.86. The van der Waals surface area contributed by atoms with Gasteiger partial charge in [0.2, 0.25) is 0 Å². The van der Waals surface area contributed by atoms with Gasteiger partial charge in [0.05, 0.1) is 0 Å². The molecule has 0 saturated carbocycles. The summed E-state index contributed by atoms with van der Waals surface area (Å²) in [5, 5.41) is 0. The highest BCUT2D eigenvalue weighted by Crippen LogP contribution is 2.38. The van der Waals surface area contributed by atoms with Crippen LogP contribution >= 0.6 is 0 Å². The molecule has 0 aliphatic heterocycles. The molecule has 0 atom stereocenters. The van der Waals surface area contributed by atoms with Crippen molar-refractivity contribution < 1.29 is 4.39 Å². The van der Waals surface area contributed by atoms with Gasteiger partial charge in [-0.1, -0.05) is 54.6 Å². The summed E-state index contributed by atoms with van der Waals surface area (Å²) in [7, 11) is 0. The molecule has 0 aromatic heterocycles. The second-order valence-electron chi connectivity index (χ2n) is 3.99. The molecular weight excluding hydrogens is 199 g/mol. The molecule has 1 aliphatic rings. The number of rotatable bonds is 1. The topological polar surface area (TPSA) is 0 Å². The van der Waals surface area contributed by atoms with Crippen molar-refractivity contribution in [2.45, 2.75) is 6.42 Å². The molecule has 78 valence electrons. The van der Waals surface area contributed by atoms with Gasteiger partial charge in [-0.15, -0.1) is 0 Å². The molecule has 0 N–H and O–H groups in total. The second-order valence-corrected chi connectivity index (χ2v) is 3.99. The van der Waals surface area contributed by atoms with Gasteiger partial charge in [0.1, 0.15) is 5.83 Å². The van der Waals surface area contributed by atoms with Crippen LogP contribution in [-0.4, -0.2) is 0 Å². The highest BCUT2D eigenvalue weighted by atomic mass is 19.1. The zero-order valence-corrected chi connectivity index (χ0v) is 8.78. The first kappa shape index (κ1) is 9.34. The van der Waals surface area contributed by atoms with Crippen molar-refractivity contribution in [3.05, 3.63) is 71.3 Å². The quantitative estimate of drug-likeness (QED) is 0.665. The van der Waals surface area contributed by atoms with Crippen LogP contribution < -0.4 is 0 Å². The van der Waals surface area contributed by atoms with Crippen molar-refractivity contribution in [3.8, 4) is 0 Å². The minimum atomic E-state index is -0.0678. The Labute approximate surface area is 94.1 Å². The molecule has 0 heterocycles. The van der Waals surface area contributed by atoms with Crippen molar-refractivity contribution >= 4 is 11.4 Å². The van der Waals surface area contributed by atoms with E-state index in [0.29, 0.717) is 6.42 Å². The van der Waals surface area contributed by atoms with E-state index in [0.717, 1.165) is 22.3 Å². The predicted molar refractivity (Wildman–Crippen MR) is 64.5 cm³/mol. The van der Waals surface area contributed by atoms with E-state index in [9.17, 15) is 4.39 Å². The maximum absolute atomic E-state index is 14.1. The van der Waals surface area contributed by atoms with Crippen molar-refractivity contribution in [1.29, 1.82) is 0 Å². The molecule has 0 amide bonds. The third kappa shape index (κ3) is 1.36. The minimum absolute atomic E-state index is 0.0678. The molecule has 0 fully saturated rings. The number of hydrogen-bond acceptors (Lipinski definition) is 0. The van der Waals surface area contributed by atoms with Crippen molar-refractivity contribution in [3.63, 3.8) is 0 Å².